The minimum Gasteiger partial charge on any atom is -0.394 e. The van der Waals surface area contributed by atoms with Crippen molar-refractivity contribution in [1.82, 2.24) is 14.8 Å². The summed E-state index contributed by atoms with van der Waals surface area (Å²) in [4.78, 5) is 5.73. The van der Waals surface area contributed by atoms with Crippen molar-refractivity contribution in [3.05, 3.63) is 21.8 Å². The summed E-state index contributed by atoms with van der Waals surface area (Å²) < 4.78 is 1.77. The van der Waals surface area contributed by atoms with Crippen LogP contribution in [0.5, 0.6) is 0 Å². The van der Waals surface area contributed by atoms with Gasteiger partial charge in [0.05, 0.1) is 17.4 Å². The average Bonchev–Trinajstić information content (AvgIpc) is 2.90. The normalized spacial score (nSPS) is 12.7. The molecule has 0 saturated carbocycles. The number of hydrogen-bond acceptors (Lipinski definition) is 5. The lowest BCUT2D eigenvalue weighted by Crippen LogP contribution is -2.11. The van der Waals surface area contributed by atoms with Gasteiger partial charge in [-0.1, -0.05) is 6.92 Å². The number of thiazole rings is 1. The van der Waals surface area contributed by atoms with E-state index < -0.39 is 0 Å². The minimum atomic E-state index is 0.132. The number of nitrogens with two attached hydrogens (primary N) is 1. The van der Waals surface area contributed by atoms with Gasteiger partial charge < -0.3 is 11.1 Å². The van der Waals surface area contributed by atoms with Crippen LogP contribution in [0.25, 0.3) is 0 Å². The summed E-state index contributed by atoms with van der Waals surface area (Å²) in [6, 6.07) is 0.132. The fraction of sp³-hybridized carbons (Fsp3) is 0.500. The lowest BCUT2D eigenvalue weighted by molar-refractivity contribution is 0.741. The molecule has 3 N–H and O–H groups in total. The summed E-state index contributed by atoms with van der Waals surface area (Å²) >= 11 is 1.73. The molecule has 0 aliphatic rings. The zero-order chi connectivity index (χ0) is 13.3. The number of aryl methyl sites for hydroxylation is 3. The van der Waals surface area contributed by atoms with E-state index >= 15 is 0 Å². The maximum Gasteiger partial charge on any atom is 0.148 e. The molecule has 2 aromatic rings. The Morgan fingerprint density at radius 2 is 2.28 bits per heavy atom. The highest BCUT2D eigenvalue weighted by Gasteiger charge is 2.15. The SMILES string of the molecule is CCc1cnc(C(C)Nc2c(N)c(C)nn2C)s1. The Balaban J connectivity index is 2.18. The standard InChI is InChI=1S/C12H19N5S/c1-5-9-6-14-12(18-9)8(3)15-11-10(13)7(2)16-17(11)4/h6,8,15H,5,13H2,1-4H3. The largest absolute Gasteiger partial charge is 0.394 e. The Labute approximate surface area is 111 Å². The molecule has 1 atom stereocenters. The Kier molecular flexibility index (Phi) is 3.56. The molecule has 0 aliphatic carbocycles. The molecule has 0 fully saturated rings. The molecular formula is C12H19N5S. The molecule has 98 valence electrons. The van der Waals surface area contributed by atoms with E-state index in [1.807, 2.05) is 20.2 Å². The topological polar surface area (TPSA) is 68.8 Å². The molecule has 0 aliphatic heterocycles. The molecule has 2 aromatic heterocycles. The van der Waals surface area contributed by atoms with Gasteiger partial charge in [0.2, 0.25) is 0 Å². The summed E-state index contributed by atoms with van der Waals surface area (Å²) in [5.41, 5.74) is 7.55. The molecule has 0 saturated heterocycles. The van der Waals surface area contributed by atoms with Crippen molar-refractivity contribution < 1.29 is 0 Å². The van der Waals surface area contributed by atoms with Crippen molar-refractivity contribution in [2.24, 2.45) is 7.05 Å². The predicted molar refractivity (Wildman–Crippen MR) is 75.9 cm³/mol. The van der Waals surface area contributed by atoms with E-state index in [4.69, 9.17) is 5.73 Å². The van der Waals surface area contributed by atoms with Gasteiger partial charge in [0.1, 0.15) is 10.8 Å². The fourth-order valence-corrected chi connectivity index (χ4v) is 2.66. The van der Waals surface area contributed by atoms with Crippen LogP contribution >= 0.6 is 11.3 Å². The van der Waals surface area contributed by atoms with E-state index in [0.29, 0.717) is 5.69 Å². The van der Waals surface area contributed by atoms with E-state index in [9.17, 15) is 0 Å². The molecule has 0 radical (unpaired) electrons. The molecule has 1 unspecified atom stereocenters. The number of nitrogens with one attached hydrogen (secondary N) is 1. The van der Waals surface area contributed by atoms with Gasteiger partial charge >= 0.3 is 0 Å². The summed E-state index contributed by atoms with van der Waals surface area (Å²) in [6.45, 7) is 6.13. The number of nitrogen functional groups attached to an aromatic ring is 1. The fourth-order valence-electron chi connectivity index (χ4n) is 1.80. The third-order valence-electron chi connectivity index (χ3n) is 2.91. The summed E-state index contributed by atoms with van der Waals surface area (Å²) in [5, 5.41) is 8.74. The monoisotopic (exact) mass is 265 g/mol. The second kappa shape index (κ2) is 4.97. The lowest BCUT2D eigenvalue weighted by Gasteiger charge is -2.13. The molecule has 5 nitrogen and oxygen atoms in total. The van der Waals surface area contributed by atoms with Crippen molar-refractivity contribution in [2.45, 2.75) is 33.2 Å². The van der Waals surface area contributed by atoms with Gasteiger partial charge in [0, 0.05) is 18.1 Å². The zero-order valence-electron chi connectivity index (χ0n) is 11.2. The van der Waals surface area contributed by atoms with Crippen LogP contribution in [-0.4, -0.2) is 14.8 Å². The van der Waals surface area contributed by atoms with Gasteiger partial charge in [-0.2, -0.15) is 5.10 Å². The number of hydrogen-bond donors (Lipinski definition) is 2. The molecule has 0 aromatic carbocycles. The predicted octanol–water partition coefficient (Wildman–Crippen LogP) is 2.50. The average molecular weight is 265 g/mol. The van der Waals surface area contributed by atoms with Gasteiger partial charge in [0.15, 0.2) is 0 Å². The van der Waals surface area contributed by atoms with Crippen LogP contribution in [0.2, 0.25) is 0 Å². The van der Waals surface area contributed by atoms with Crippen LogP contribution < -0.4 is 11.1 Å². The number of aromatic nitrogens is 3. The smallest absolute Gasteiger partial charge is 0.148 e. The van der Waals surface area contributed by atoms with Crippen LogP contribution in [0.3, 0.4) is 0 Å². The molecular weight excluding hydrogens is 246 g/mol. The number of rotatable bonds is 4. The van der Waals surface area contributed by atoms with Crippen molar-refractivity contribution in [1.29, 1.82) is 0 Å². The Morgan fingerprint density at radius 1 is 1.56 bits per heavy atom. The van der Waals surface area contributed by atoms with Gasteiger partial charge in [-0.25, -0.2) is 4.98 Å². The molecule has 2 heterocycles. The van der Waals surface area contributed by atoms with Crippen molar-refractivity contribution in [2.75, 3.05) is 11.1 Å². The second-order valence-electron chi connectivity index (χ2n) is 4.36. The number of nitrogens with zero attached hydrogens (tertiary/aromatic N) is 3. The van der Waals surface area contributed by atoms with E-state index in [0.717, 1.165) is 22.9 Å². The quantitative estimate of drug-likeness (QED) is 0.891. The zero-order valence-corrected chi connectivity index (χ0v) is 12.0. The highest BCUT2D eigenvalue weighted by molar-refractivity contribution is 7.11. The third kappa shape index (κ3) is 2.33. The first-order valence-corrected chi connectivity index (χ1v) is 6.84. The third-order valence-corrected chi connectivity index (χ3v) is 4.24. The Morgan fingerprint density at radius 3 is 2.78 bits per heavy atom. The lowest BCUT2D eigenvalue weighted by atomic mass is 10.3. The van der Waals surface area contributed by atoms with Crippen molar-refractivity contribution >= 4 is 22.8 Å². The highest BCUT2D eigenvalue weighted by atomic mass is 32.1. The first-order valence-electron chi connectivity index (χ1n) is 6.03. The number of anilines is 2. The van der Waals surface area contributed by atoms with E-state index in [1.165, 1.54) is 4.88 Å². The van der Waals surface area contributed by atoms with Crippen molar-refractivity contribution in [3.63, 3.8) is 0 Å². The summed E-state index contributed by atoms with van der Waals surface area (Å²) in [5.74, 6) is 0.855. The Hall–Kier alpha value is -1.56. The molecule has 0 bridgehead atoms. The molecule has 0 spiro atoms. The van der Waals surface area contributed by atoms with E-state index in [2.05, 4.69) is 29.2 Å². The van der Waals surface area contributed by atoms with Crippen LogP contribution in [0, 0.1) is 6.92 Å². The first-order chi connectivity index (χ1) is 8.52. The van der Waals surface area contributed by atoms with Crippen molar-refractivity contribution in [3.8, 4) is 0 Å². The molecule has 2 rings (SSSR count). The second-order valence-corrected chi connectivity index (χ2v) is 5.50. The van der Waals surface area contributed by atoms with E-state index in [-0.39, 0.29) is 6.04 Å². The van der Waals surface area contributed by atoms with E-state index in [1.54, 1.807) is 16.0 Å². The van der Waals surface area contributed by atoms with Gasteiger partial charge in [-0.3, -0.25) is 4.68 Å². The molecule has 0 amide bonds. The van der Waals surface area contributed by atoms with Gasteiger partial charge in [0.25, 0.3) is 0 Å². The maximum atomic E-state index is 6.00. The van der Waals surface area contributed by atoms with Gasteiger partial charge in [-0.05, 0) is 20.3 Å². The first kappa shape index (κ1) is 12.9. The van der Waals surface area contributed by atoms with Crippen LogP contribution in [0.15, 0.2) is 6.20 Å². The minimum absolute atomic E-state index is 0.132. The van der Waals surface area contributed by atoms with Gasteiger partial charge in [-0.15, -0.1) is 11.3 Å². The van der Waals surface area contributed by atoms with Crippen LogP contribution in [0.1, 0.15) is 35.5 Å². The molecule has 18 heavy (non-hydrogen) atoms. The summed E-state index contributed by atoms with van der Waals surface area (Å²) in [6.07, 6.45) is 2.97. The summed E-state index contributed by atoms with van der Waals surface area (Å²) in [7, 11) is 1.89. The van der Waals surface area contributed by atoms with Crippen LogP contribution in [0.4, 0.5) is 11.5 Å². The van der Waals surface area contributed by atoms with Crippen LogP contribution in [-0.2, 0) is 13.5 Å². The Bertz CT molecular complexity index is 543. The molecule has 6 heteroatoms. The maximum absolute atomic E-state index is 6.00. The highest BCUT2D eigenvalue weighted by Crippen LogP contribution is 2.28.